The lowest BCUT2D eigenvalue weighted by Gasteiger charge is -2.37. The van der Waals surface area contributed by atoms with Gasteiger partial charge in [0.1, 0.15) is 0 Å². The largest absolute Gasteiger partial charge is 0.487 e. The molecule has 4 rings (SSSR count). The van der Waals surface area contributed by atoms with Gasteiger partial charge in [-0.05, 0) is 51.0 Å². The van der Waals surface area contributed by atoms with Crippen molar-refractivity contribution in [3.05, 3.63) is 58.9 Å². The van der Waals surface area contributed by atoms with Gasteiger partial charge in [0.2, 0.25) is 0 Å². The first kappa shape index (κ1) is 21.6. The number of non-ortho nitro benzene ring substituents is 1. The summed E-state index contributed by atoms with van der Waals surface area (Å²) in [5.74, 6) is 1.57. The third-order valence-corrected chi connectivity index (χ3v) is 5.82. The van der Waals surface area contributed by atoms with Gasteiger partial charge in [-0.3, -0.25) is 14.7 Å². The van der Waals surface area contributed by atoms with Gasteiger partial charge in [0.15, 0.2) is 11.6 Å². The Morgan fingerprint density at radius 1 is 1.25 bits per heavy atom. The van der Waals surface area contributed by atoms with Crippen LogP contribution >= 0.6 is 0 Å². The van der Waals surface area contributed by atoms with Gasteiger partial charge in [0.25, 0.3) is 5.69 Å². The highest BCUT2D eigenvalue weighted by Gasteiger charge is 2.28. The highest BCUT2D eigenvalue weighted by molar-refractivity contribution is 5.92. The van der Waals surface area contributed by atoms with Crippen molar-refractivity contribution >= 4 is 28.4 Å². The monoisotopic (exact) mass is 437 g/mol. The number of pyridine rings is 1. The average molecular weight is 438 g/mol. The molecular formula is C23H27N5O4. The zero-order valence-electron chi connectivity index (χ0n) is 18.5. The van der Waals surface area contributed by atoms with E-state index in [2.05, 4.69) is 9.88 Å². The van der Waals surface area contributed by atoms with E-state index in [-0.39, 0.29) is 23.9 Å². The van der Waals surface area contributed by atoms with Crippen molar-refractivity contribution in [2.45, 2.75) is 38.8 Å². The molecule has 3 heterocycles. The summed E-state index contributed by atoms with van der Waals surface area (Å²) in [6, 6.07) is 10.2. The maximum atomic E-state index is 13.1. The number of hydrogen-bond acceptors (Lipinski definition) is 6. The van der Waals surface area contributed by atoms with Crippen LogP contribution in [0.4, 0.5) is 16.3 Å². The molecule has 1 aliphatic rings. The zero-order chi connectivity index (χ0) is 22.8. The Hall–Kier alpha value is -3.62. The van der Waals surface area contributed by atoms with Crippen LogP contribution in [0.3, 0.4) is 0 Å². The first-order valence-corrected chi connectivity index (χ1v) is 10.7. The second-order valence-electron chi connectivity index (χ2n) is 8.29. The second-order valence-corrected chi connectivity index (χ2v) is 8.29. The minimum Gasteiger partial charge on any atom is -0.487 e. The number of fused-ring (bicyclic) bond motifs is 1. The smallest absolute Gasteiger partial charge is 0.328 e. The summed E-state index contributed by atoms with van der Waals surface area (Å²) in [6.07, 6.45) is 5.12. The van der Waals surface area contributed by atoms with Crippen LogP contribution in [0.25, 0.3) is 10.9 Å². The number of rotatable bonds is 5. The van der Waals surface area contributed by atoms with Crippen molar-refractivity contribution in [2.75, 3.05) is 25.0 Å². The molecule has 0 unspecified atom stereocenters. The van der Waals surface area contributed by atoms with Crippen LogP contribution in [0.15, 0.2) is 48.8 Å². The predicted molar refractivity (Wildman–Crippen MR) is 122 cm³/mol. The van der Waals surface area contributed by atoms with E-state index in [1.807, 2.05) is 37.9 Å². The lowest BCUT2D eigenvalue weighted by Crippen LogP contribution is -2.47. The van der Waals surface area contributed by atoms with E-state index in [0.29, 0.717) is 24.0 Å². The molecule has 1 amide bonds. The van der Waals surface area contributed by atoms with Crippen LogP contribution in [0.5, 0.6) is 5.75 Å². The fraction of sp³-hybridized carbons (Fsp3) is 0.391. The standard InChI is InChI=1S/C23H27N5O4/c1-16(2)32-21-5-4-11-24-22(21)25(3)18-9-12-26(13-10-18)23(29)27-14-8-17-15-19(28(30)31)6-7-20(17)27/h4-8,11,14-16,18H,9-10,12-13H2,1-3H3. The number of carbonyl (C=O) groups is 1. The molecule has 9 nitrogen and oxygen atoms in total. The van der Waals surface area contributed by atoms with Gasteiger partial charge in [-0.25, -0.2) is 9.78 Å². The van der Waals surface area contributed by atoms with E-state index < -0.39 is 4.92 Å². The molecule has 0 radical (unpaired) electrons. The van der Waals surface area contributed by atoms with Crippen molar-refractivity contribution in [1.82, 2.24) is 14.5 Å². The first-order valence-electron chi connectivity index (χ1n) is 10.7. The summed E-state index contributed by atoms with van der Waals surface area (Å²) in [6.45, 7) is 5.22. The van der Waals surface area contributed by atoms with E-state index in [0.717, 1.165) is 24.4 Å². The highest BCUT2D eigenvalue weighted by Crippen LogP contribution is 2.30. The molecule has 3 aromatic rings. The Labute approximate surface area is 186 Å². The number of hydrogen-bond donors (Lipinski definition) is 0. The van der Waals surface area contributed by atoms with Gasteiger partial charge in [0.05, 0.1) is 16.5 Å². The summed E-state index contributed by atoms with van der Waals surface area (Å²) in [5.41, 5.74) is 0.686. The predicted octanol–water partition coefficient (Wildman–Crippen LogP) is 4.30. The van der Waals surface area contributed by atoms with Gasteiger partial charge in [-0.1, -0.05) is 0 Å². The Kier molecular flexibility index (Phi) is 5.98. The number of carbonyl (C=O) groups excluding carboxylic acids is 1. The SMILES string of the molecule is CC(C)Oc1cccnc1N(C)C1CCN(C(=O)n2ccc3cc([N+](=O)[O-])ccc32)CC1. The molecule has 0 spiro atoms. The Morgan fingerprint density at radius 2 is 2.00 bits per heavy atom. The fourth-order valence-corrected chi connectivity index (χ4v) is 4.17. The second kappa shape index (κ2) is 8.86. The number of aromatic nitrogens is 2. The number of amides is 1. The van der Waals surface area contributed by atoms with E-state index in [4.69, 9.17) is 4.74 Å². The van der Waals surface area contributed by atoms with Gasteiger partial charge >= 0.3 is 6.03 Å². The Bertz CT molecular complexity index is 1130. The van der Waals surface area contributed by atoms with Crippen molar-refractivity contribution in [1.29, 1.82) is 0 Å². The molecule has 0 bridgehead atoms. The number of likely N-dealkylation sites (tertiary alicyclic amines) is 1. The number of nitro benzene ring substituents is 1. The van der Waals surface area contributed by atoms with Gasteiger partial charge in [-0.2, -0.15) is 0 Å². The molecule has 1 saturated heterocycles. The summed E-state index contributed by atoms with van der Waals surface area (Å²) in [7, 11) is 2.02. The van der Waals surface area contributed by atoms with Crippen LogP contribution in [0, 0.1) is 10.1 Å². The zero-order valence-corrected chi connectivity index (χ0v) is 18.5. The van der Waals surface area contributed by atoms with E-state index in [9.17, 15) is 14.9 Å². The molecule has 1 fully saturated rings. The molecule has 1 aromatic carbocycles. The van der Waals surface area contributed by atoms with E-state index >= 15 is 0 Å². The lowest BCUT2D eigenvalue weighted by atomic mass is 10.0. The molecule has 0 saturated carbocycles. The minimum absolute atomic E-state index is 0.0156. The van der Waals surface area contributed by atoms with Crippen LogP contribution in [0.1, 0.15) is 26.7 Å². The van der Waals surface area contributed by atoms with Crippen LogP contribution in [0.2, 0.25) is 0 Å². The van der Waals surface area contributed by atoms with Crippen LogP contribution in [-0.4, -0.2) is 57.7 Å². The normalized spacial score (nSPS) is 14.7. The quantitative estimate of drug-likeness (QED) is 0.436. The number of benzene rings is 1. The minimum atomic E-state index is -0.431. The Balaban J connectivity index is 1.44. The number of nitrogens with zero attached hydrogens (tertiary/aromatic N) is 5. The molecule has 2 aromatic heterocycles. The van der Waals surface area contributed by atoms with Crippen molar-refractivity contribution in [3.63, 3.8) is 0 Å². The van der Waals surface area contributed by atoms with Crippen LogP contribution in [-0.2, 0) is 0 Å². The van der Waals surface area contributed by atoms with Crippen molar-refractivity contribution < 1.29 is 14.5 Å². The van der Waals surface area contributed by atoms with Crippen molar-refractivity contribution in [3.8, 4) is 5.75 Å². The molecule has 168 valence electrons. The van der Waals surface area contributed by atoms with E-state index in [1.54, 1.807) is 29.1 Å². The first-order chi connectivity index (χ1) is 15.3. The number of ether oxygens (including phenoxy) is 1. The summed E-state index contributed by atoms with van der Waals surface area (Å²) in [5, 5.41) is 11.7. The fourth-order valence-electron chi connectivity index (χ4n) is 4.17. The maximum absolute atomic E-state index is 13.1. The number of anilines is 1. The molecule has 9 heteroatoms. The molecule has 0 atom stereocenters. The topological polar surface area (TPSA) is 93.7 Å². The maximum Gasteiger partial charge on any atom is 0.328 e. The molecule has 1 aliphatic heterocycles. The molecular weight excluding hydrogens is 410 g/mol. The number of nitro groups is 1. The summed E-state index contributed by atoms with van der Waals surface area (Å²) in [4.78, 5) is 32.2. The van der Waals surface area contributed by atoms with Gasteiger partial charge < -0.3 is 14.5 Å². The highest BCUT2D eigenvalue weighted by atomic mass is 16.6. The van der Waals surface area contributed by atoms with Gasteiger partial charge in [-0.15, -0.1) is 0 Å². The summed E-state index contributed by atoms with van der Waals surface area (Å²) < 4.78 is 7.48. The van der Waals surface area contributed by atoms with Crippen molar-refractivity contribution in [2.24, 2.45) is 0 Å². The van der Waals surface area contributed by atoms with E-state index in [1.165, 1.54) is 12.1 Å². The third-order valence-electron chi connectivity index (χ3n) is 5.82. The van der Waals surface area contributed by atoms with Crippen LogP contribution < -0.4 is 9.64 Å². The number of piperidine rings is 1. The molecule has 32 heavy (non-hydrogen) atoms. The van der Waals surface area contributed by atoms with Gasteiger partial charge in [0, 0.05) is 56.1 Å². The Morgan fingerprint density at radius 3 is 2.69 bits per heavy atom. The lowest BCUT2D eigenvalue weighted by molar-refractivity contribution is -0.384. The molecule has 0 aliphatic carbocycles. The third kappa shape index (κ3) is 4.23. The average Bonchev–Trinajstić information content (AvgIpc) is 3.21. The summed E-state index contributed by atoms with van der Waals surface area (Å²) >= 11 is 0. The molecule has 0 N–H and O–H groups in total.